The Hall–Kier alpha value is -2.48. The Labute approximate surface area is 185 Å². The second kappa shape index (κ2) is 10.0. The van der Waals surface area contributed by atoms with Crippen LogP contribution in [0, 0.1) is 6.92 Å². The zero-order valence-corrected chi connectivity index (χ0v) is 18.7. The van der Waals surface area contributed by atoms with Crippen LogP contribution in [0.2, 0.25) is 5.02 Å². The molecule has 156 valence electrons. The molecule has 0 saturated heterocycles. The lowest BCUT2D eigenvalue weighted by Crippen LogP contribution is -2.26. The van der Waals surface area contributed by atoms with E-state index >= 15 is 0 Å². The quantitative estimate of drug-likeness (QED) is 0.367. The highest BCUT2D eigenvalue weighted by Gasteiger charge is 2.17. The maximum absolute atomic E-state index is 12.6. The average molecular weight is 461 g/mol. The molecular weight excluding hydrogens is 440 g/mol. The van der Waals surface area contributed by atoms with Crippen molar-refractivity contribution >= 4 is 45.0 Å². The first-order chi connectivity index (χ1) is 14.4. The first-order valence-electron chi connectivity index (χ1n) is 9.21. The summed E-state index contributed by atoms with van der Waals surface area (Å²) < 4.78 is 27.7. The molecule has 0 saturated carbocycles. The summed E-state index contributed by atoms with van der Waals surface area (Å²) in [7, 11) is -3.73. The van der Waals surface area contributed by atoms with Gasteiger partial charge in [0.1, 0.15) is 0 Å². The third-order valence-corrected chi connectivity index (χ3v) is 6.99. The SMILES string of the molecule is Cc1c(NS(=O)(=O)c2ccccc2)cccc1C(=O)NCCSc1ccc(Cl)cc1. The molecule has 0 aliphatic carbocycles. The van der Waals surface area contributed by atoms with E-state index in [1.165, 1.54) is 12.1 Å². The molecule has 0 aliphatic heterocycles. The molecule has 0 aliphatic rings. The first-order valence-corrected chi connectivity index (χ1v) is 12.1. The number of thioether (sulfide) groups is 1. The molecule has 0 bridgehead atoms. The van der Waals surface area contributed by atoms with E-state index in [1.54, 1.807) is 55.1 Å². The van der Waals surface area contributed by atoms with E-state index in [0.29, 0.717) is 34.1 Å². The molecule has 5 nitrogen and oxygen atoms in total. The normalized spacial score (nSPS) is 11.1. The molecule has 3 aromatic carbocycles. The van der Waals surface area contributed by atoms with Crippen molar-refractivity contribution in [2.75, 3.05) is 17.0 Å². The molecule has 0 aromatic heterocycles. The highest BCUT2D eigenvalue weighted by atomic mass is 35.5. The number of carbonyl (C=O) groups excluding carboxylic acids is 1. The fourth-order valence-corrected chi connectivity index (χ4v) is 4.79. The number of anilines is 1. The van der Waals surface area contributed by atoms with E-state index in [-0.39, 0.29) is 10.8 Å². The molecule has 1 amide bonds. The first kappa shape index (κ1) is 22.2. The average Bonchev–Trinajstić information content (AvgIpc) is 2.74. The predicted octanol–water partition coefficient (Wildman–Crippen LogP) is 4.97. The van der Waals surface area contributed by atoms with Gasteiger partial charge >= 0.3 is 0 Å². The van der Waals surface area contributed by atoms with Gasteiger partial charge in [0.2, 0.25) is 0 Å². The number of hydrogen-bond donors (Lipinski definition) is 2. The van der Waals surface area contributed by atoms with Gasteiger partial charge in [-0.1, -0.05) is 35.9 Å². The van der Waals surface area contributed by atoms with E-state index in [9.17, 15) is 13.2 Å². The minimum Gasteiger partial charge on any atom is -0.351 e. The smallest absolute Gasteiger partial charge is 0.261 e. The number of sulfonamides is 1. The second-order valence-electron chi connectivity index (χ2n) is 6.45. The number of carbonyl (C=O) groups is 1. The molecule has 2 N–H and O–H groups in total. The van der Waals surface area contributed by atoms with Gasteiger partial charge in [0, 0.05) is 27.8 Å². The summed E-state index contributed by atoms with van der Waals surface area (Å²) in [6, 6.07) is 20.6. The molecule has 3 aromatic rings. The van der Waals surface area contributed by atoms with Gasteiger partial charge in [0.25, 0.3) is 15.9 Å². The van der Waals surface area contributed by atoms with Crippen molar-refractivity contribution < 1.29 is 13.2 Å². The van der Waals surface area contributed by atoms with Crippen molar-refractivity contribution in [2.45, 2.75) is 16.7 Å². The number of amides is 1. The lowest BCUT2D eigenvalue weighted by molar-refractivity contribution is 0.0955. The Morgan fingerprint density at radius 1 is 0.967 bits per heavy atom. The summed E-state index contributed by atoms with van der Waals surface area (Å²) in [5.74, 6) is 0.456. The van der Waals surface area contributed by atoms with Crippen molar-refractivity contribution in [1.82, 2.24) is 5.32 Å². The number of rotatable bonds is 8. The van der Waals surface area contributed by atoms with Crippen LogP contribution in [0.15, 0.2) is 82.6 Å². The van der Waals surface area contributed by atoms with Gasteiger partial charge in [-0.3, -0.25) is 9.52 Å². The third-order valence-electron chi connectivity index (χ3n) is 4.35. The largest absolute Gasteiger partial charge is 0.351 e. The monoisotopic (exact) mass is 460 g/mol. The Morgan fingerprint density at radius 3 is 2.37 bits per heavy atom. The minimum absolute atomic E-state index is 0.165. The topological polar surface area (TPSA) is 75.3 Å². The van der Waals surface area contributed by atoms with Gasteiger partial charge in [0.15, 0.2) is 0 Å². The van der Waals surface area contributed by atoms with Crippen LogP contribution in [-0.2, 0) is 10.0 Å². The summed E-state index contributed by atoms with van der Waals surface area (Å²) in [6.07, 6.45) is 0. The van der Waals surface area contributed by atoms with E-state index in [1.807, 2.05) is 24.3 Å². The lowest BCUT2D eigenvalue weighted by Gasteiger charge is -2.14. The number of benzene rings is 3. The Kier molecular flexibility index (Phi) is 7.42. The van der Waals surface area contributed by atoms with Crippen LogP contribution >= 0.6 is 23.4 Å². The highest BCUT2D eigenvalue weighted by molar-refractivity contribution is 7.99. The van der Waals surface area contributed by atoms with Crippen molar-refractivity contribution in [1.29, 1.82) is 0 Å². The maximum Gasteiger partial charge on any atom is 0.261 e. The van der Waals surface area contributed by atoms with Crippen LogP contribution in [0.1, 0.15) is 15.9 Å². The van der Waals surface area contributed by atoms with Gasteiger partial charge in [-0.05, 0) is 61.0 Å². The molecule has 0 unspecified atom stereocenters. The molecule has 0 fully saturated rings. The van der Waals surface area contributed by atoms with Gasteiger partial charge in [-0.25, -0.2) is 8.42 Å². The summed E-state index contributed by atoms with van der Waals surface area (Å²) in [4.78, 5) is 13.8. The van der Waals surface area contributed by atoms with Crippen LogP contribution in [-0.4, -0.2) is 26.6 Å². The number of nitrogens with one attached hydrogen (secondary N) is 2. The van der Waals surface area contributed by atoms with Crippen LogP contribution in [0.3, 0.4) is 0 Å². The van der Waals surface area contributed by atoms with Gasteiger partial charge in [-0.2, -0.15) is 0 Å². The third kappa shape index (κ3) is 5.78. The standard InChI is InChI=1S/C22H21ClN2O3S2/c1-16-20(22(26)24-14-15-29-18-12-10-17(23)11-13-18)8-5-9-21(16)25-30(27,28)19-6-3-2-4-7-19/h2-13,25H,14-15H2,1H3,(H,24,26). The predicted molar refractivity (Wildman–Crippen MR) is 123 cm³/mol. The van der Waals surface area contributed by atoms with E-state index < -0.39 is 10.0 Å². The van der Waals surface area contributed by atoms with Crippen LogP contribution in [0.25, 0.3) is 0 Å². The van der Waals surface area contributed by atoms with Crippen LogP contribution in [0.5, 0.6) is 0 Å². The molecular formula is C22H21ClN2O3S2. The second-order valence-corrected chi connectivity index (χ2v) is 9.74. The highest BCUT2D eigenvalue weighted by Crippen LogP contribution is 2.23. The molecule has 3 rings (SSSR count). The fourth-order valence-electron chi connectivity index (χ4n) is 2.76. The lowest BCUT2D eigenvalue weighted by atomic mass is 10.1. The van der Waals surface area contributed by atoms with Gasteiger partial charge < -0.3 is 5.32 Å². The van der Waals surface area contributed by atoms with E-state index in [0.717, 1.165) is 4.90 Å². The van der Waals surface area contributed by atoms with Crippen molar-refractivity contribution in [2.24, 2.45) is 0 Å². The Balaban J connectivity index is 1.62. The summed E-state index contributed by atoms with van der Waals surface area (Å²) in [5, 5.41) is 3.57. The van der Waals surface area contributed by atoms with Crippen LogP contribution < -0.4 is 10.0 Å². The van der Waals surface area contributed by atoms with E-state index in [2.05, 4.69) is 10.0 Å². The molecule has 0 heterocycles. The Morgan fingerprint density at radius 2 is 1.67 bits per heavy atom. The summed E-state index contributed by atoms with van der Waals surface area (Å²) in [6.45, 7) is 2.20. The zero-order valence-electron chi connectivity index (χ0n) is 16.3. The maximum atomic E-state index is 12.6. The number of hydrogen-bond acceptors (Lipinski definition) is 4. The van der Waals surface area contributed by atoms with E-state index in [4.69, 9.17) is 11.6 Å². The summed E-state index contributed by atoms with van der Waals surface area (Å²) in [5.41, 5.74) is 1.38. The fraction of sp³-hybridized carbons (Fsp3) is 0.136. The molecule has 8 heteroatoms. The van der Waals surface area contributed by atoms with Crippen LogP contribution in [0.4, 0.5) is 5.69 Å². The summed E-state index contributed by atoms with van der Waals surface area (Å²) >= 11 is 7.49. The Bertz CT molecular complexity index is 1120. The van der Waals surface area contributed by atoms with Gasteiger partial charge in [0.05, 0.1) is 10.6 Å². The van der Waals surface area contributed by atoms with Crippen molar-refractivity contribution in [3.8, 4) is 0 Å². The number of halogens is 1. The van der Waals surface area contributed by atoms with Gasteiger partial charge in [-0.15, -0.1) is 11.8 Å². The molecule has 0 spiro atoms. The minimum atomic E-state index is -3.73. The van der Waals surface area contributed by atoms with Crippen molar-refractivity contribution in [3.63, 3.8) is 0 Å². The molecule has 0 atom stereocenters. The molecule has 30 heavy (non-hydrogen) atoms. The van der Waals surface area contributed by atoms with Crippen molar-refractivity contribution in [3.05, 3.63) is 88.9 Å². The molecule has 0 radical (unpaired) electrons. The zero-order chi connectivity index (χ0) is 21.6.